The van der Waals surface area contributed by atoms with E-state index < -0.39 is 24.4 Å². The predicted octanol–water partition coefficient (Wildman–Crippen LogP) is -1.01. The van der Waals surface area contributed by atoms with Crippen LogP contribution in [0.5, 0.6) is 0 Å². The third-order valence-corrected chi connectivity index (χ3v) is 2.03. The molecule has 1 aromatic heterocycles. The second kappa shape index (κ2) is 5.26. The van der Waals surface area contributed by atoms with E-state index in [0.717, 1.165) is 0 Å². The number of amides is 1. The summed E-state index contributed by atoms with van der Waals surface area (Å²) >= 11 is 0. The number of rotatable bonds is 5. The minimum atomic E-state index is -1.08. The van der Waals surface area contributed by atoms with Gasteiger partial charge in [-0.25, -0.2) is 4.98 Å². The molecule has 1 rings (SSSR count). The Morgan fingerprint density at radius 3 is 2.75 bits per heavy atom. The van der Waals surface area contributed by atoms with Crippen LogP contribution in [0.3, 0.4) is 0 Å². The lowest BCUT2D eigenvalue weighted by Crippen LogP contribution is -2.33. The molecular formula is C9H13N3O4. The number of aliphatic carboxylic acids is 1. The Labute approximate surface area is 91.5 Å². The molecule has 1 atom stereocenters. The largest absolute Gasteiger partial charge is 0.481 e. The number of hydrogen-bond donors (Lipinski definition) is 4. The topological polar surface area (TPSA) is 115 Å². The van der Waals surface area contributed by atoms with Gasteiger partial charge in [-0.2, -0.15) is 0 Å². The van der Waals surface area contributed by atoms with Crippen LogP contribution >= 0.6 is 0 Å². The van der Waals surface area contributed by atoms with E-state index in [1.807, 2.05) is 0 Å². The SMILES string of the molecule is Cc1nc(C(CNC(=O)CO)C(=O)O)c[nH]1. The second-order valence-corrected chi connectivity index (χ2v) is 3.26. The number of nitrogens with one attached hydrogen (secondary N) is 2. The number of carbonyl (C=O) groups is 2. The summed E-state index contributed by atoms with van der Waals surface area (Å²) in [6.07, 6.45) is 1.49. The van der Waals surface area contributed by atoms with Crippen LogP contribution in [-0.2, 0) is 9.59 Å². The first kappa shape index (κ1) is 12.2. The Bertz CT molecular complexity index is 388. The Kier molecular flexibility index (Phi) is 4.01. The van der Waals surface area contributed by atoms with E-state index in [0.29, 0.717) is 11.5 Å². The molecule has 0 bridgehead atoms. The monoisotopic (exact) mass is 227 g/mol. The van der Waals surface area contributed by atoms with E-state index in [-0.39, 0.29) is 6.54 Å². The standard InChI is InChI=1S/C9H13N3O4/c1-5-10-3-7(12-5)6(9(15)16)2-11-8(14)4-13/h3,6,13H,2,4H2,1H3,(H,10,12)(H,11,14)(H,15,16). The van der Waals surface area contributed by atoms with Crippen LogP contribution in [0, 0.1) is 6.92 Å². The first-order valence-electron chi connectivity index (χ1n) is 4.67. The minimum Gasteiger partial charge on any atom is -0.481 e. The number of aromatic nitrogens is 2. The third kappa shape index (κ3) is 3.06. The number of aliphatic hydroxyl groups excluding tert-OH is 1. The first-order valence-corrected chi connectivity index (χ1v) is 4.67. The number of carboxylic acids is 1. The summed E-state index contributed by atoms with van der Waals surface area (Å²) in [7, 11) is 0. The van der Waals surface area contributed by atoms with E-state index in [2.05, 4.69) is 15.3 Å². The van der Waals surface area contributed by atoms with Crippen LogP contribution in [0.4, 0.5) is 0 Å². The summed E-state index contributed by atoms with van der Waals surface area (Å²) in [6, 6.07) is 0. The van der Waals surface area contributed by atoms with Gasteiger partial charge in [0.1, 0.15) is 18.3 Å². The molecule has 0 aliphatic heterocycles. The Hall–Kier alpha value is -1.89. The molecular weight excluding hydrogens is 214 g/mol. The summed E-state index contributed by atoms with van der Waals surface area (Å²) in [5.41, 5.74) is 0.350. The number of carboxylic acid groups (broad SMARTS) is 1. The average Bonchev–Trinajstić information content (AvgIpc) is 2.64. The van der Waals surface area contributed by atoms with Crippen LogP contribution in [-0.4, -0.2) is 45.2 Å². The third-order valence-electron chi connectivity index (χ3n) is 2.03. The van der Waals surface area contributed by atoms with Gasteiger partial charge in [0, 0.05) is 12.7 Å². The van der Waals surface area contributed by atoms with E-state index in [4.69, 9.17) is 10.2 Å². The first-order chi connectivity index (χ1) is 7.54. The molecule has 0 saturated carbocycles. The highest BCUT2D eigenvalue weighted by Crippen LogP contribution is 2.12. The van der Waals surface area contributed by atoms with Crippen molar-refractivity contribution in [1.82, 2.24) is 15.3 Å². The van der Waals surface area contributed by atoms with Crippen LogP contribution in [0.2, 0.25) is 0 Å². The van der Waals surface area contributed by atoms with Gasteiger partial charge in [-0.3, -0.25) is 9.59 Å². The molecule has 1 heterocycles. The maximum Gasteiger partial charge on any atom is 0.314 e. The normalized spacial score (nSPS) is 12.1. The van der Waals surface area contributed by atoms with E-state index in [1.54, 1.807) is 6.92 Å². The molecule has 1 aromatic rings. The maximum atomic E-state index is 10.9. The predicted molar refractivity (Wildman–Crippen MR) is 53.8 cm³/mol. The molecule has 1 amide bonds. The fourth-order valence-corrected chi connectivity index (χ4v) is 1.21. The van der Waals surface area contributed by atoms with Crippen molar-refractivity contribution < 1.29 is 19.8 Å². The van der Waals surface area contributed by atoms with Gasteiger partial charge in [-0.1, -0.05) is 0 Å². The number of aromatic amines is 1. The fraction of sp³-hybridized carbons (Fsp3) is 0.444. The zero-order chi connectivity index (χ0) is 12.1. The van der Waals surface area contributed by atoms with Gasteiger partial charge in [0.25, 0.3) is 0 Å². The zero-order valence-corrected chi connectivity index (χ0v) is 8.73. The lowest BCUT2D eigenvalue weighted by atomic mass is 10.1. The molecule has 16 heavy (non-hydrogen) atoms. The van der Waals surface area contributed by atoms with Crippen LogP contribution in [0.15, 0.2) is 6.20 Å². The molecule has 0 aliphatic rings. The van der Waals surface area contributed by atoms with Gasteiger partial charge >= 0.3 is 5.97 Å². The van der Waals surface area contributed by atoms with Crippen molar-refractivity contribution in [2.45, 2.75) is 12.8 Å². The van der Waals surface area contributed by atoms with Crippen molar-refractivity contribution in [2.75, 3.05) is 13.2 Å². The Morgan fingerprint density at radius 1 is 1.62 bits per heavy atom. The molecule has 4 N–H and O–H groups in total. The number of H-pyrrole nitrogens is 1. The van der Waals surface area contributed by atoms with E-state index in [1.165, 1.54) is 6.20 Å². The van der Waals surface area contributed by atoms with Gasteiger partial charge < -0.3 is 20.5 Å². The molecule has 1 unspecified atom stereocenters. The van der Waals surface area contributed by atoms with Crippen LogP contribution < -0.4 is 5.32 Å². The molecule has 0 aromatic carbocycles. The van der Waals surface area contributed by atoms with Crippen molar-refractivity contribution in [1.29, 1.82) is 0 Å². The molecule has 0 fully saturated rings. The molecule has 0 saturated heterocycles. The van der Waals surface area contributed by atoms with Gasteiger partial charge in [0.05, 0.1) is 5.69 Å². The molecule has 88 valence electrons. The second-order valence-electron chi connectivity index (χ2n) is 3.26. The Balaban J connectivity index is 2.69. The number of imidazole rings is 1. The van der Waals surface area contributed by atoms with Crippen molar-refractivity contribution in [3.05, 3.63) is 17.7 Å². The lowest BCUT2D eigenvalue weighted by molar-refractivity contribution is -0.138. The fourth-order valence-electron chi connectivity index (χ4n) is 1.21. The number of aryl methyl sites for hydroxylation is 1. The molecule has 0 radical (unpaired) electrons. The summed E-state index contributed by atoms with van der Waals surface area (Å²) in [4.78, 5) is 28.5. The van der Waals surface area contributed by atoms with Crippen molar-refractivity contribution >= 4 is 11.9 Å². The van der Waals surface area contributed by atoms with E-state index in [9.17, 15) is 9.59 Å². The summed E-state index contributed by atoms with van der Waals surface area (Å²) < 4.78 is 0. The highest BCUT2D eigenvalue weighted by molar-refractivity contribution is 5.79. The average molecular weight is 227 g/mol. The molecule has 7 nitrogen and oxygen atoms in total. The van der Waals surface area contributed by atoms with Crippen molar-refractivity contribution in [3.63, 3.8) is 0 Å². The molecule has 7 heteroatoms. The highest BCUT2D eigenvalue weighted by atomic mass is 16.4. The highest BCUT2D eigenvalue weighted by Gasteiger charge is 2.22. The van der Waals surface area contributed by atoms with Gasteiger partial charge in [-0.05, 0) is 6.92 Å². The number of aliphatic hydroxyl groups is 1. The zero-order valence-electron chi connectivity index (χ0n) is 8.73. The molecule has 0 aliphatic carbocycles. The van der Waals surface area contributed by atoms with Gasteiger partial charge in [0.2, 0.25) is 5.91 Å². The number of hydrogen-bond acceptors (Lipinski definition) is 4. The quantitative estimate of drug-likeness (QED) is 0.514. The van der Waals surface area contributed by atoms with Gasteiger partial charge in [-0.15, -0.1) is 0 Å². The smallest absolute Gasteiger partial charge is 0.314 e. The lowest BCUT2D eigenvalue weighted by Gasteiger charge is -2.10. The van der Waals surface area contributed by atoms with Crippen molar-refractivity contribution in [2.24, 2.45) is 0 Å². The van der Waals surface area contributed by atoms with E-state index >= 15 is 0 Å². The van der Waals surface area contributed by atoms with Gasteiger partial charge in [0.15, 0.2) is 0 Å². The van der Waals surface area contributed by atoms with Crippen LogP contribution in [0.25, 0.3) is 0 Å². The summed E-state index contributed by atoms with van der Waals surface area (Å²) in [5, 5.41) is 19.7. The van der Waals surface area contributed by atoms with Crippen LogP contribution in [0.1, 0.15) is 17.4 Å². The maximum absolute atomic E-state index is 10.9. The molecule has 0 spiro atoms. The summed E-state index contributed by atoms with van der Waals surface area (Å²) in [6.45, 7) is 0.944. The summed E-state index contributed by atoms with van der Waals surface area (Å²) in [5.74, 6) is -2.00. The minimum absolute atomic E-state index is 0.0982. The van der Waals surface area contributed by atoms with Crippen molar-refractivity contribution in [3.8, 4) is 0 Å². The Morgan fingerprint density at radius 2 is 2.31 bits per heavy atom. The number of carbonyl (C=O) groups excluding carboxylic acids is 1. The number of nitrogens with zero attached hydrogens (tertiary/aromatic N) is 1.